The van der Waals surface area contributed by atoms with Crippen LogP contribution in [-0.4, -0.2) is 15.2 Å². The largest absolute Gasteiger partial charge is 0.359 e. The minimum absolute atomic E-state index is 0.219. The van der Waals surface area contributed by atoms with Crippen LogP contribution in [-0.2, 0) is 0 Å². The molecule has 2 aromatic rings. The fraction of sp³-hybridized carbons (Fsp3) is 0.364. The topological polar surface area (TPSA) is 50.7 Å². The van der Waals surface area contributed by atoms with Crippen molar-refractivity contribution in [2.45, 2.75) is 26.3 Å². The first-order valence-electron chi connectivity index (χ1n) is 5.25. The minimum Gasteiger partial charge on any atom is -0.359 e. The van der Waals surface area contributed by atoms with Gasteiger partial charge in [0.25, 0.3) is 0 Å². The van der Waals surface area contributed by atoms with Crippen LogP contribution in [0.4, 0.5) is 5.82 Å². The molecule has 0 aliphatic heterocycles. The highest BCUT2D eigenvalue weighted by molar-refractivity contribution is 7.09. The van der Waals surface area contributed by atoms with Crippen LogP contribution in [0.5, 0.6) is 0 Å². The van der Waals surface area contributed by atoms with Crippen molar-refractivity contribution in [3.05, 3.63) is 34.4 Å². The lowest BCUT2D eigenvalue weighted by Crippen LogP contribution is -2.10. The Hall–Kier alpha value is -1.49. The second-order valence-electron chi connectivity index (χ2n) is 3.59. The Morgan fingerprint density at radius 2 is 2.38 bits per heavy atom. The van der Waals surface area contributed by atoms with Gasteiger partial charge in [-0.05, 0) is 25.0 Å². The summed E-state index contributed by atoms with van der Waals surface area (Å²) in [6.45, 7) is 4.13. The highest BCUT2D eigenvalue weighted by Crippen LogP contribution is 2.22. The van der Waals surface area contributed by atoms with Gasteiger partial charge in [0.1, 0.15) is 10.8 Å². The second-order valence-corrected chi connectivity index (χ2v) is 4.52. The summed E-state index contributed by atoms with van der Waals surface area (Å²) in [6, 6.07) is 2.21. The molecular weight excluding hydrogens is 220 g/mol. The lowest BCUT2D eigenvalue weighted by atomic mass is 10.2. The summed E-state index contributed by atoms with van der Waals surface area (Å²) in [5.41, 5.74) is 1.10. The highest BCUT2D eigenvalue weighted by atomic mass is 32.1. The van der Waals surface area contributed by atoms with E-state index in [0.717, 1.165) is 22.8 Å². The van der Waals surface area contributed by atoms with Crippen LogP contribution >= 0.6 is 11.3 Å². The van der Waals surface area contributed by atoms with Gasteiger partial charge in [0, 0.05) is 11.6 Å². The third-order valence-corrected chi connectivity index (χ3v) is 3.16. The molecule has 84 valence electrons. The Bertz CT molecular complexity index is 441. The Kier molecular flexibility index (Phi) is 3.46. The van der Waals surface area contributed by atoms with Crippen molar-refractivity contribution < 1.29 is 0 Å². The Balaban J connectivity index is 2.13. The second kappa shape index (κ2) is 5.03. The number of thiazole rings is 1. The van der Waals surface area contributed by atoms with Gasteiger partial charge in [-0.25, -0.2) is 4.98 Å². The van der Waals surface area contributed by atoms with E-state index in [1.165, 1.54) is 0 Å². The molecule has 0 spiro atoms. The van der Waals surface area contributed by atoms with E-state index < -0.39 is 0 Å². The third-order valence-electron chi connectivity index (χ3n) is 2.27. The highest BCUT2D eigenvalue weighted by Gasteiger charge is 2.12. The number of hydrogen-bond acceptors (Lipinski definition) is 5. The first-order chi connectivity index (χ1) is 7.79. The van der Waals surface area contributed by atoms with Crippen molar-refractivity contribution in [1.82, 2.24) is 15.2 Å². The fourth-order valence-corrected chi connectivity index (χ4v) is 2.23. The summed E-state index contributed by atoms with van der Waals surface area (Å²) in [5.74, 6) is 0.807. The zero-order valence-electron chi connectivity index (χ0n) is 9.34. The molecule has 0 bridgehead atoms. The number of anilines is 1. The average molecular weight is 234 g/mol. The van der Waals surface area contributed by atoms with E-state index >= 15 is 0 Å². The number of hydrogen-bond donors (Lipinski definition) is 1. The van der Waals surface area contributed by atoms with E-state index in [-0.39, 0.29) is 6.04 Å². The predicted octanol–water partition coefficient (Wildman–Crippen LogP) is 2.80. The Morgan fingerprint density at radius 1 is 1.50 bits per heavy atom. The van der Waals surface area contributed by atoms with Crippen LogP contribution in [0.15, 0.2) is 23.8 Å². The lowest BCUT2D eigenvalue weighted by molar-refractivity contribution is 0.733. The van der Waals surface area contributed by atoms with Gasteiger partial charge in [-0.2, -0.15) is 5.10 Å². The van der Waals surface area contributed by atoms with E-state index in [9.17, 15) is 0 Å². The standard InChI is InChI=1S/C11H14N4S/c1-3-9(11-12-4-5-16-11)14-10-6-8(2)7-13-15-10/h4-7,9H,3H2,1-2H3,(H,14,15). The molecule has 2 aromatic heterocycles. The third kappa shape index (κ3) is 2.55. The monoisotopic (exact) mass is 234 g/mol. The summed E-state index contributed by atoms with van der Waals surface area (Å²) < 4.78 is 0. The first kappa shape index (κ1) is 11.0. The Morgan fingerprint density at radius 3 is 3.00 bits per heavy atom. The van der Waals surface area contributed by atoms with E-state index in [2.05, 4.69) is 27.4 Å². The quantitative estimate of drug-likeness (QED) is 0.883. The number of nitrogens with one attached hydrogen (secondary N) is 1. The molecule has 2 rings (SSSR count). The molecule has 2 heterocycles. The molecule has 0 aliphatic carbocycles. The average Bonchev–Trinajstić information content (AvgIpc) is 2.79. The zero-order chi connectivity index (χ0) is 11.4. The fourth-order valence-electron chi connectivity index (χ4n) is 1.46. The molecule has 0 fully saturated rings. The van der Waals surface area contributed by atoms with Crippen molar-refractivity contribution in [3.63, 3.8) is 0 Å². The van der Waals surface area contributed by atoms with Crippen LogP contribution < -0.4 is 5.32 Å². The number of nitrogens with zero attached hydrogens (tertiary/aromatic N) is 3. The van der Waals surface area contributed by atoms with Crippen molar-refractivity contribution in [2.24, 2.45) is 0 Å². The molecule has 0 saturated heterocycles. The van der Waals surface area contributed by atoms with E-state index in [1.807, 2.05) is 24.6 Å². The molecular formula is C11H14N4S. The maximum atomic E-state index is 4.31. The van der Waals surface area contributed by atoms with Crippen LogP contribution in [0.1, 0.15) is 30.0 Å². The van der Waals surface area contributed by atoms with Gasteiger partial charge in [-0.15, -0.1) is 16.4 Å². The van der Waals surface area contributed by atoms with Gasteiger partial charge in [0.05, 0.1) is 12.2 Å². The molecule has 1 atom stereocenters. The minimum atomic E-state index is 0.219. The van der Waals surface area contributed by atoms with Crippen molar-refractivity contribution >= 4 is 17.2 Å². The molecule has 0 radical (unpaired) electrons. The maximum Gasteiger partial charge on any atom is 0.149 e. The summed E-state index contributed by atoms with van der Waals surface area (Å²) >= 11 is 1.66. The smallest absolute Gasteiger partial charge is 0.149 e. The zero-order valence-corrected chi connectivity index (χ0v) is 10.2. The maximum absolute atomic E-state index is 4.31. The van der Waals surface area contributed by atoms with Crippen molar-refractivity contribution in [2.75, 3.05) is 5.32 Å². The molecule has 4 nitrogen and oxygen atoms in total. The SMILES string of the molecule is CCC(Nc1cc(C)cnn1)c1nccs1. The lowest BCUT2D eigenvalue weighted by Gasteiger charge is -2.14. The van der Waals surface area contributed by atoms with Gasteiger partial charge in [0.15, 0.2) is 0 Å². The van der Waals surface area contributed by atoms with E-state index in [0.29, 0.717) is 0 Å². The van der Waals surface area contributed by atoms with Crippen LogP contribution in [0.2, 0.25) is 0 Å². The summed E-state index contributed by atoms with van der Waals surface area (Å²) in [7, 11) is 0. The van der Waals surface area contributed by atoms with Gasteiger partial charge >= 0.3 is 0 Å². The van der Waals surface area contributed by atoms with Crippen molar-refractivity contribution in [1.29, 1.82) is 0 Å². The number of aromatic nitrogens is 3. The normalized spacial score (nSPS) is 12.4. The molecule has 0 amide bonds. The predicted molar refractivity (Wildman–Crippen MR) is 65.5 cm³/mol. The van der Waals surface area contributed by atoms with E-state index in [1.54, 1.807) is 17.5 Å². The van der Waals surface area contributed by atoms with Crippen molar-refractivity contribution in [3.8, 4) is 0 Å². The van der Waals surface area contributed by atoms with Crippen LogP contribution in [0, 0.1) is 6.92 Å². The molecule has 5 heteroatoms. The van der Waals surface area contributed by atoms with Gasteiger partial charge < -0.3 is 5.32 Å². The molecule has 0 saturated carbocycles. The van der Waals surface area contributed by atoms with Crippen LogP contribution in [0.3, 0.4) is 0 Å². The summed E-state index contributed by atoms with van der Waals surface area (Å²) in [4.78, 5) is 4.31. The first-order valence-corrected chi connectivity index (χ1v) is 6.13. The number of rotatable bonds is 4. The van der Waals surface area contributed by atoms with Gasteiger partial charge in [0.2, 0.25) is 0 Å². The molecule has 1 unspecified atom stereocenters. The summed E-state index contributed by atoms with van der Waals surface area (Å²) in [6.07, 6.45) is 4.55. The molecule has 16 heavy (non-hydrogen) atoms. The van der Waals surface area contributed by atoms with E-state index in [4.69, 9.17) is 0 Å². The Labute approximate surface area is 98.8 Å². The summed E-state index contributed by atoms with van der Waals surface area (Å²) in [5, 5.41) is 14.4. The van der Waals surface area contributed by atoms with Gasteiger partial charge in [-0.1, -0.05) is 6.92 Å². The molecule has 0 aliphatic rings. The van der Waals surface area contributed by atoms with Crippen LogP contribution in [0.25, 0.3) is 0 Å². The molecule has 1 N–H and O–H groups in total. The number of aryl methyl sites for hydroxylation is 1. The van der Waals surface area contributed by atoms with Gasteiger partial charge in [-0.3, -0.25) is 0 Å². The molecule has 0 aromatic carbocycles.